The van der Waals surface area contributed by atoms with E-state index in [1.807, 2.05) is 48.5 Å². The standard InChI is InChI=1S/C22H15BrCl2N2O2/c23-14-6-9-19-17(10-14)21(13-4-2-1-3-5-13)27(12-20(28)26-19)22(29)16-8-7-15(24)11-18(16)25/h1-11,21H,12H2,(H,26,28)/t21-/m0/s1. The summed E-state index contributed by atoms with van der Waals surface area (Å²) < 4.78 is 0.852. The van der Waals surface area contributed by atoms with Gasteiger partial charge in [0, 0.05) is 20.7 Å². The van der Waals surface area contributed by atoms with Crippen molar-refractivity contribution in [3.8, 4) is 0 Å². The highest BCUT2D eigenvalue weighted by Gasteiger charge is 2.34. The molecule has 1 atom stereocenters. The lowest BCUT2D eigenvalue weighted by Crippen LogP contribution is -2.39. The number of hydrogen-bond acceptors (Lipinski definition) is 2. The molecule has 0 spiro atoms. The Balaban J connectivity index is 1.90. The van der Waals surface area contributed by atoms with Crippen LogP contribution < -0.4 is 5.32 Å². The van der Waals surface area contributed by atoms with Gasteiger partial charge in [-0.15, -0.1) is 0 Å². The van der Waals surface area contributed by atoms with Gasteiger partial charge in [-0.05, 0) is 42.0 Å². The van der Waals surface area contributed by atoms with Crippen molar-refractivity contribution in [2.24, 2.45) is 0 Å². The van der Waals surface area contributed by atoms with E-state index < -0.39 is 6.04 Å². The first-order valence-electron chi connectivity index (χ1n) is 8.84. The molecule has 0 aliphatic carbocycles. The van der Waals surface area contributed by atoms with E-state index in [1.54, 1.807) is 12.1 Å². The van der Waals surface area contributed by atoms with Gasteiger partial charge in [0.1, 0.15) is 6.54 Å². The quantitative estimate of drug-likeness (QED) is 0.484. The van der Waals surface area contributed by atoms with Crippen molar-refractivity contribution < 1.29 is 9.59 Å². The van der Waals surface area contributed by atoms with Crippen LogP contribution in [0.5, 0.6) is 0 Å². The van der Waals surface area contributed by atoms with Gasteiger partial charge < -0.3 is 10.2 Å². The topological polar surface area (TPSA) is 49.4 Å². The third kappa shape index (κ3) is 4.04. The number of halogens is 3. The van der Waals surface area contributed by atoms with Crippen LogP contribution in [-0.4, -0.2) is 23.3 Å². The van der Waals surface area contributed by atoms with E-state index in [2.05, 4.69) is 21.2 Å². The number of nitrogens with one attached hydrogen (secondary N) is 1. The second-order valence-corrected chi connectivity index (χ2v) is 8.41. The zero-order valence-electron chi connectivity index (χ0n) is 15.0. The van der Waals surface area contributed by atoms with Gasteiger partial charge in [-0.25, -0.2) is 0 Å². The zero-order chi connectivity index (χ0) is 20.5. The smallest absolute Gasteiger partial charge is 0.256 e. The van der Waals surface area contributed by atoms with E-state index in [0.717, 1.165) is 15.6 Å². The molecule has 0 unspecified atom stereocenters. The Bertz CT molecular complexity index is 1110. The van der Waals surface area contributed by atoms with E-state index in [1.165, 1.54) is 11.0 Å². The molecule has 146 valence electrons. The summed E-state index contributed by atoms with van der Waals surface area (Å²) in [6.45, 7) is -0.107. The predicted octanol–water partition coefficient (Wildman–Crippen LogP) is 5.94. The minimum atomic E-state index is -0.470. The molecule has 2 amide bonds. The number of carbonyl (C=O) groups excluding carboxylic acids is 2. The molecule has 1 aliphatic rings. The van der Waals surface area contributed by atoms with Crippen LogP contribution in [0.4, 0.5) is 5.69 Å². The third-order valence-electron chi connectivity index (χ3n) is 4.75. The van der Waals surface area contributed by atoms with Gasteiger partial charge in [-0.1, -0.05) is 69.5 Å². The Morgan fingerprint density at radius 3 is 2.52 bits per heavy atom. The van der Waals surface area contributed by atoms with Gasteiger partial charge in [-0.3, -0.25) is 9.59 Å². The molecule has 7 heteroatoms. The summed E-state index contributed by atoms with van der Waals surface area (Å²) in [4.78, 5) is 27.7. The molecule has 3 aromatic carbocycles. The van der Waals surface area contributed by atoms with Crippen molar-refractivity contribution in [3.05, 3.63) is 97.9 Å². The number of carbonyl (C=O) groups is 2. The summed E-state index contributed by atoms with van der Waals surface area (Å²) in [7, 11) is 0. The summed E-state index contributed by atoms with van der Waals surface area (Å²) in [5, 5.41) is 3.58. The van der Waals surface area contributed by atoms with Gasteiger partial charge in [0.2, 0.25) is 5.91 Å². The normalized spacial score (nSPS) is 16.0. The van der Waals surface area contributed by atoms with Gasteiger partial charge in [0.25, 0.3) is 5.91 Å². The van der Waals surface area contributed by atoms with Crippen LogP contribution in [0.25, 0.3) is 0 Å². The van der Waals surface area contributed by atoms with Crippen LogP contribution in [-0.2, 0) is 4.79 Å². The Labute approximate surface area is 186 Å². The van der Waals surface area contributed by atoms with E-state index in [4.69, 9.17) is 23.2 Å². The highest BCUT2D eigenvalue weighted by Crippen LogP contribution is 2.38. The molecule has 0 fully saturated rings. The number of rotatable bonds is 2. The van der Waals surface area contributed by atoms with Gasteiger partial charge >= 0.3 is 0 Å². The van der Waals surface area contributed by atoms with E-state index in [9.17, 15) is 9.59 Å². The number of amides is 2. The monoisotopic (exact) mass is 488 g/mol. The van der Waals surface area contributed by atoms with Crippen LogP contribution in [0.3, 0.4) is 0 Å². The Morgan fingerprint density at radius 2 is 1.79 bits per heavy atom. The fraction of sp³-hybridized carbons (Fsp3) is 0.0909. The Morgan fingerprint density at radius 1 is 1.03 bits per heavy atom. The molecule has 0 saturated carbocycles. The lowest BCUT2D eigenvalue weighted by Gasteiger charge is -2.31. The van der Waals surface area contributed by atoms with Crippen LogP contribution in [0.15, 0.2) is 71.2 Å². The summed E-state index contributed by atoms with van der Waals surface area (Å²) in [5.74, 6) is -0.617. The molecule has 29 heavy (non-hydrogen) atoms. The molecule has 0 aromatic heterocycles. The molecular formula is C22H15BrCl2N2O2. The fourth-order valence-corrected chi connectivity index (χ4v) is 4.35. The first kappa shape index (κ1) is 20.0. The van der Waals surface area contributed by atoms with Gasteiger partial charge in [0.05, 0.1) is 16.6 Å². The second kappa shape index (κ2) is 8.19. The highest BCUT2D eigenvalue weighted by molar-refractivity contribution is 9.10. The molecule has 0 saturated heterocycles. The Kier molecular flexibility index (Phi) is 5.63. The van der Waals surface area contributed by atoms with Crippen molar-refractivity contribution in [1.82, 2.24) is 4.90 Å². The van der Waals surface area contributed by atoms with Crippen molar-refractivity contribution in [2.75, 3.05) is 11.9 Å². The first-order valence-corrected chi connectivity index (χ1v) is 10.4. The van der Waals surface area contributed by atoms with Crippen molar-refractivity contribution >= 4 is 56.6 Å². The summed E-state index contributed by atoms with van der Waals surface area (Å²) in [6.07, 6.45) is 0. The van der Waals surface area contributed by atoms with Crippen LogP contribution >= 0.6 is 39.1 Å². The lowest BCUT2D eigenvalue weighted by molar-refractivity contribution is -0.117. The molecule has 0 radical (unpaired) electrons. The predicted molar refractivity (Wildman–Crippen MR) is 119 cm³/mol. The second-order valence-electron chi connectivity index (χ2n) is 6.65. The molecular weight excluding hydrogens is 475 g/mol. The first-order chi connectivity index (χ1) is 13.9. The van der Waals surface area contributed by atoms with Crippen LogP contribution in [0.1, 0.15) is 27.5 Å². The average Bonchev–Trinajstić information content (AvgIpc) is 2.84. The molecule has 0 bridgehead atoms. The summed E-state index contributed by atoms with van der Waals surface area (Å²) >= 11 is 15.8. The molecule has 1 N–H and O–H groups in total. The van der Waals surface area contributed by atoms with E-state index >= 15 is 0 Å². The van der Waals surface area contributed by atoms with Crippen molar-refractivity contribution in [3.63, 3.8) is 0 Å². The minimum Gasteiger partial charge on any atom is -0.324 e. The maximum absolute atomic E-state index is 13.5. The average molecular weight is 490 g/mol. The highest BCUT2D eigenvalue weighted by atomic mass is 79.9. The molecule has 4 nitrogen and oxygen atoms in total. The zero-order valence-corrected chi connectivity index (χ0v) is 18.1. The number of anilines is 1. The number of fused-ring (bicyclic) bond motifs is 1. The van der Waals surface area contributed by atoms with E-state index in [-0.39, 0.29) is 23.4 Å². The summed E-state index contributed by atoms with van der Waals surface area (Å²) in [5.41, 5.74) is 2.67. The third-order valence-corrected chi connectivity index (χ3v) is 5.79. The molecule has 1 aliphatic heterocycles. The van der Waals surface area contributed by atoms with Gasteiger partial charge in [-0.2, -0.15) is 0 Å². The maximum atomic E-state index is 13.5. The SMILES string of the molecule is O=C1CN(C(=O)c2ccc(Cl)cc2Cl)[C@@H](c2ccccc2)c2cc(Br)ccc2N1. The number of hydrogen-bond donors (Lipinski definition) is 1. The van der Waals surface area contributed by atoms with Crippen LogP contribution in [0.2, 0.25) is 10.0 Å². The minimum absolute atomic E-state index is 0.107. The van der Waals surface area contributed by atoms with Crippen molar-refractivity contribution in [1.29, 1.82) is 0 Å². The fourth-order valence-electron chi connectivity index (χ4n) is 3.48. The Hall–Kier alpha value is -2.34. The largest absolute Gasteiger partial charge is 0.324 e. The number of benzene rings is 3. The van der Waals surface area contributed by atoms with Gasteiger partial charge in [0.15, 0.2) is 0 Å². The lowest BCUT2D eigenvalue weighted by atomic mass is 9.95. The van der Waals surface area contributed by atoms with Crippen LogP contribution in [0, 0.1) is 0 Å². The number of nitrogens with zero attached hydrogens (tertiary/aromatic N) is 1. The summed E-state index contributed by atoms with van der Waals surface area (Å²) in [6, 6.07) is 19.5. The van der Waals surface area contributed by atoms with E-state index in [0.29, 0.717) is 16.3 Å². The molecule has 4 rings (SSSR count). The molecule has 3 aromatic rings. The molecule has 1 heterocycles. The van der Waals surface area contributed by atoms with Crippen molar-refractivity contribution in [2.45, 2.75) is 6.04 Å². The maximum Gasteiger partial charge on any atom is 0.256 e.